The molecule has 0 saturated carbocycles. The summed E-state index contributed by atoms with van der Waals surface area (Å²) in [6, 6.07) is 7.23. The third-order valence-corrected chi connectivity index (χ3v) is 6.28. The highest BCUT2D eigenvalue weighted by Gasteiger charge is 2.25. The minimum atomic E-state index is -0.160. The van der Waals surface area contributed by atoms with Gasteiger partial charge < -0.3 is 14.4 Å². The highest BCUT2D eigenvalue weighted by molar-refractivity contribution is 7.98. The number of aromatic nitrogens is 6. The monoisotopic (exact) mass is 429 g/mol. The number of ether oxygens (including phenoxy) is 2. The van der Waals surface area contributed by atoms with Gasteiger partial charge in [-0.1, -0.05) is 29.1 Å². The first-order valence-electron chi connectivity index (χ1n) is 10.1. The molecule has 11 heteroatoms. The quantitative estimate of drug-likeness (QED) is 0.534. The Kier molecular flexibility index (Phi) is 5.65. The first-order valence-corrected chi connectivity index (χ1v) is 11.1. The molecule has 2 aliphatic rings. The predicted molar refractivity (Wildman–Crippen MR) is 112 cm³/mol. The smallest absolute Gasteiger partial charge is 0.278 e. The Morgan fingerprint density at radius 3 is 2.80 bits per heavy atom. The van der Waals surface area contributed by atoms with Crippen LogP contribution in [0.3, 0.4) is 0 Å². The number of fused-ring (bicyclic) bond motifs is 1. The van der Waals surface area contributed by atoms with Crippen LogP contribution in [0.2, 0.25) is 0 Å². The molecule has 1 atom stereocenters. The van der Waals surface area contributed by atoms with E-state index in [0.717, 1.165) is 43.6 Å². The molecule has 0 aliphatic carbocycles. The Balaban J connectivity index is 1.40. The molecule has 3 aromatic rings. The number of rotatable bonds is 6. The maximum absolute atomic E-state index is 12.7. The number of thioether (sulfide) groups is 1. The molecule has 2 fully saturated rings. The van der Waals surface area contributed by atoms with Crippen molar-refractivity contribution in [2.45, 2.75) is 36.5 Å². The third-order valence-electron chi connectivity index (χ3n) is 5.35. The molecule has 5 rings (SSSR count). The van der Waals surface area contributed by atoms with Crippen molar-refractivity contribution >= 4 is 28.6 Å². The van der Waals surface area contributed by atoms with Crippen molar-refractivity contribution in [2.75, 3.05) is 37.8 Å². The van der Waals surface area contributed by atoms with Crippen LogP contribution in [0.25, 0.3) is 10.9 Å². The van der Waals surface area contributed by atoms with Gasteiger partial charge in [-0.3, -0.25) is 9.36 Å². The molecule has 2 aliphatic heterocycles. The zero-order valence-corrected chi connectivity index (χ0v) is 17.3. The van der Waals surface area contributed by atoms with E-state index >= 15 is 0 Å². The van der Waals surface area contributed by atoms with Gasteiger partial charge in [0.1, 0.15) is 5.52 Å². The molecule has 10 nitrogen and oxygen atoms in total. The summed E-state index contributed by atoms with van der Waals surface area (Å²) < 4.78 is 14.8. The third kappa shape index (κ3) is 3.92. The fourth-order valence-electron chi connectivity index (χ4n) is 3.76. The van der Waals surface area contributed by atoms with Crippen molar-refractivity contribution in [3.63, 3.8) is 0 Å². The summed E-state index contributed by atoms with van der Waals surface area (Å²) in [6.45, 7) is 4.41. The SMILES string of the molecule is O=c1c2ccccc2nnn1CSc1nnc(N2CCOCC2)n1CC1CCCO1. The van der Waals surface area contributed by atoms with Gasteiger partial charge in [-0.2, -0.15) is 4.68 Å². The van der Waals surface area contributed by atoms with Crippen molar-refractivity contribution in [2.24, 2.45) is 0 Å². The van der Waals surface area contributed by atoms with Gasteiger partial charge in [0.05, 0.1) is 37.1 Å². The molecule has 0 spiro atoms. The van der Waals surface area contributed by atoms with Gasteiger partial charge in [-0.05, 0) is 25.0 Å². The van der Waals surface area contributed by atoms with Crippen molar-refractivity contribution in [1.29, 1.82) is 0 Å². The average Bonchev–Trinajstić information content (AvgIpc) is 3.45. The van der Waals surface area contributed by atoms with Crippen LogP contribution in [-0.2, 0) is 21.9 Å². The molecule has 0 radical (unpaired) electrons. The highest BCUT2D eigenvalue weighted by atomic mass is 32.2. The topological polar surface area (TPSA) is 100 Å². The van der Waals surface area contributed by atoms with Gasteiger partial charge in [0.25, 0.3) is 5.56 Å². The number of hydrogen-bond donors (Lipinski definition) is 0. The lowest BCUT2D eigenvalue weighted by Crippen LogP contribution is -2.38. The van der Waals surface area contributed by atoms with Gasteiger partial charge in [-0.15, -0.1) is 15.3 Å². The molecule has 30 heavy (non-hydrogen) atoms. The Hall–Kier alpha value is -2.50. The van der Waals surface area contributed by atoms with Gasteiger partial charge in [0.2, 0.25) is 5.95 Å². The van der Waals surface area contributed by atoms with E-state index in [1.807, 2.05) is 12.1 Å². The van der Waals surface area contributed by atoms with E-state index in [1.54, 1.807) is 12.1 Å². The van der Waals surface area contributed by atoms with E-state index in [1.165, 1.54) is 16.4 Å². The highest BCUT2D eigenvalue weighted by Crippen LogP contribution is 2.26. The largest absolute Gasteiger partial charge is 0.378 e. The molecular weight excluding hydrogens is 406 g/mol. The Labute approximate surface area is 177 Å². The molecule has 0 amide bonds. The second-order valence-electron chi connectivity index (χ2n) is 7.31. The molecular formula is C19H23N7O3S. The summed E-state index contributed by atoms with van der Waals surface area (Å²) in [7, 11) is 0. The van der Waals surface area contributed by atoms with Crippen LogP contribution in [0, 0.1) is 0 Å². The standard InChI is InChI=1S/C19H23N7O3S/c27-17-15-5-1-2-6-16(15)20-23-26(17)13-30-19-22-21-18(24-7-10-28-11-8-24)25(19)12-14-4-3-9-29-14/h1-2,5-6,14H,3-4,7-13H2. The lowest BCUT2D eigenvalue weighted by atomic mass is 10.2. The molecule has 1 unspecified atom stereocenters. The van der Waals surface area contributed by atoms with Crippen molar-refractivity contribution in [1.82, 2.24) is 29.8 Å². The van der Waals surface area contributed by atoms with E-state index in [-0.39, 0.29) is 11.7 Å². The summed E-state index contributed by atoms with van der Waals surface area (Å²) >= 11 is 1.43. The average molecular weight is 430 g/mol. The number of hydrogen-bond acceptors (Lipinski definition) is 9. The summed E-state index contributed by atoms with van der Waals surface area (Å²) in [5, 5.41) is 18.4. The number of morpholine rings is 1. The maximum atomic E-state index is 12.7. The van der Waals surface area contributed by atoms with E-state index in [4.69, 9.17) is 9.47 Å². The van der Waals surface area contributed by atoms with Gasteiger partial charge in [0, 0.05) is 19.7 Å². The zero-order valence-electron chi connectivity index (χ0n) is 16.5. The molecule has 1 aromatic carbocycles. The fourth-order valence-corrected chi connectivity index (χ4v) is 4.58. The van der Waals surface area contributed by atoms with Crippen molar-refractivity contribution in [3.8, 4) is 0 Å². The molecule has 4 heterocycles. The number of nitrogens with zero attached hydrogens (tertiary/aromatic N) is 7. The Bertz CT molecular complexity index is 1070. The van der Waals surface area contributed by atoms with E-state index < -0.39 is 0 Å². The molecule has 2 aromatic heterocycles. The van der Waals surface area contributed by atoms with Crippen LogP contribution in [0.4, 0.5) is 5.95 Å². The Morgan fingerprint density at radius 1 is 1.10 bits per heavy atom. The van der Waals surface area contributed by atoms with E-state index in [2.05, 4.69) is 30.0 Å². The minimum absolute atomic E-state index is 0.156. The first kappa shape index (κ1) is 19.5. The molecule has 0 N–H and O–H groups in total. The van der Waals surface area contributed by atoms with Crippen LogP contribution >= 0.6 is 11.8 Å². The Morgan fingerprint density at radius 2 is 1.97 bits per heavy atom. The number of benzene rings is 1. The summed E-state index contributed by atoms with van der Waals surface area (Å²) in [5.41, 5.74) is 0.437. The second kappa shape index (κ2) is 8.70. The zero-order chi connectivity index (χ0) is 20.3. The molecule has 0 bridgehead atoms. The van der Waals surface area contributed by atoms with E-state index in [0.29, 0.717) is 36.5 Å². The lowest BCUT2D eigenvalue weighted by molar-refractivity contribution is 0.0942. The second-order valence-corrected chi connectivity index (χ2v) is 8.22. The van der Waals surface area contributed by atoms with Crippen LogP contribution < -0.4 is 10.5 Å². The van der Waals surface area contributed by atoms with Crippen molar-refractivity contribution < 1.29 is 9.47 Å². The maximum Gasteiger partial charge on any atom is 0.278 e. The minimum Gasteiger partial charge on any atom is -0.378 e. The first-order chi connectivity index (χ1) is 14.8. The number of anilines is 1. The normalized spacial score (nSPS) is 19.6. The predicted octanol–water partition coefficient (Wildman–Crippen LogP) is 1.15. The molecule has 2 saturated heterocycles. The van der Waals surface area contributed by atoms with Crippen LogP contribution in [0.1, 0.15) is 12.8 Å². The van der Waals surface area contributed by atoms with Gasteiger partial charge >= 0.3 is 0 Å². The van der Waals surface area contributed by atoms with Gasteiger partial charge in [0.15, 0.2) is 5.16 Å². The lowest BCUT2D eigenvalue weighted by Gasteiger charge is -2.28. The van der Waals surface area contributed by atoms with Crippen LogP contribution in [-0.4, -0.2) is 68.8 Å². The van der Waals surface area contributed by atoms with Crippen molar-refractivity contribution in [3.05, 3.63) is 34.6 Å². The summed E-state index contributed by atoms with van der Waals surface area (Å²) in [6.07, 6.45) is 2.26. The summed E-state index contributed by atoms with van der Waals surface area (Å²) in [4.78, 5) is 14.9. The fraction of sp³-hybridized carbons (Fsp3) is 0.526. The van der Waals surface area contributed by atoms with E-state index in [9.17, 15) is 4.79 Å². The van der Waals surface area contributed by atoms with Crippen LogP contribution in [0.15, 0.2) is 34.2 Å². The van der Waals surface area contributed by atoms with Crippen LogP contribution in [0.5, 0.6) is 0 Å². The van der Waals surface area contributed by atoms with Gasteiger partial charge in [-0.25, -0.2) is 0 Å². The molecule has 158 valence electrons. The summed E-state index contributed by atoms with van der Waals surface area (Å²) in [5.74, 6) is 1.14.